The first-order chi connectivity index (χ1) is 5.84. The van der Waals surface area contributed by atoms with E-state index in [0.29, 0.717) is 0 Å². The van der Waals surface area contributed by atoms with E-state index in [-0.39, 0.29) is 0 Å². The highest BCUT2D eigenvalue weighted by molar-refractivity contribution is 5.08. The highest BCUT2D eigenvalue weighted by Crippen LogP contribution is 2.54. The Bertz CT molecular complexity index is 214. The van der Waals surface area contributed by atoms with E-state index in [9.17, 15) is 0 Å². The molecule has 0 nitrogen and oxygen atoms in total. The fraction of sp³-hybridized carbons (Fsp3) is 0.833. The molecule has 0 saturated heterocycles. The second kappa shape index (κ2) is 2.37. The Hall–Kier alpha value is -0.260. The summed E-state index contributed by atoms with van der Waals surface area (Å²) in [5.74, 6) is 5.26. The molecule has 0 radical (unpaired) electrons. The minimum atomic E-state index is 0.985. The smallest absolute Gasteiger partial charge is 0.0197 e. The maximum absolute atomic E-state index is 2.50. The standard InChI is InChI=1S/C12H18/c1-8-5-11-7-10(8)6-9-3-2-4-12(9)11/h2-3,8-12H,4-7H2,1H3. The van der Waals surface area contributed by atoms with E-state index in [1.807, 2.05) is 0 Å². The lowest BCUT2D eigenvalue weighted by atomic mass is 9.73. The van der Waals surface area contributed by atoms with E-state index in [2.05, 4.69) is 19.1 Å². The number of hydrogen-bond donors (Lipinski definition) is 0. The van der Waals surface area contributed by atoms with Crippen molar-refractivity contribution < 1.29 is 0 Å². The van der Waals surface area contributed by atoms with Crippen LogP contribution < -0.4 is 0 Å². The summed E-state index contributed by atoms with van der Waals surface area (Å²) in [7, 11) is 0. The summed E-state index contributed by atoms with van der Waals surface area (Å²) in [6.07, 6.45) is 10.9. The van der Waals surface area contributed by atoms with Gasteiger partial charge in [0.15, 0.2) is 0 Å². The lowest BCUT2D eigenvalue weighted by Crippen LogP contribution is -2.23. The Kier molecular flexibility index (Phi) is 1.42. The molecule has 0 aromatic carbocycles. The first kappa shape index (κ1) is 7.17. The summed E-state index contributed by atoms with van der Waals surface area (Å²) in [6, 6.07) is 0. The summed E-state index contributed by atoms with van der Waals surface area (Å²) >= 11 is 0. The van der Waals surface area contributed by atoms with Gasteiger partial charge >= 0.3 is 0 Å². The van der Waals surface area contributed by atoms with E-state index in [4.69, 9.17) is 0 Å². The average molecular weight is 162 g/mol. The molecule has 0 heterocycles. The van der Waals surface area contributed by atoms with Gasteiger partial charge in [-0.25, -0.2) is 0 Å². The summed E-state index contributed by atoms with van der Waals surface area (Å²) in [4.78, 5) is 0. The van der Waals surface area contributed by atoms with Gasteiger partial charge in [-0.3, -0.25) is 0 Å². The van der Waals surface area contributed by atoms with Crippen LogP contribution in [-0.2, 0) is 0 Å². The quantitative estimate of drug-likeness (QED) is 0.480. The maximum Gasteiger partial charge on any atom is -0.0197 e. The molecule has 0 aromatic rings. The minimum Gasteiger partial charge on any atom is -0.0879 e. The van der Waals surface area contributed by atoms with Gasteiger partial charge in [-0.2, -0.15) is 0 Å². The van der Waals surface area contributed by atoms with Gasteiger partial charge in [0.2, 0.25) is 0 Å². The van der Waals surface area contributed by atoms with Crippen LogP contribution in [0.2, 0.25) is 0 Å². The van der Waals surface area contributed by atoms with Gasteiger partial charge in [-0.15, -0.1) is 0 Å². The summed E-state index contributed by atoms with van der Waals surface area (Å²) < 4.78 is 0. The fourth-order valence-corrected chi connectivity index (χ4v) is 3.94. The highest BCUT2D eigenvalue weighted by Gasteiger charge is 2.44. The molecule has 0 aromatic heterocycles. The molecule has 0 aliphatic heterocycles. The van der Waals surface area contributed by atoms with Crippen LogP contribution in [0.15, 0.2) is 12.2 Å². The highest BCUT2D eigenvalue weighted by atomic mass is 14.5. The van der Waals surface area contributed by atoms with Gasteiger partial charge in [0.25, 0.3) is 0 Å². The average Bonchev–Trinajstić information content (AvgIpc) is 2.60. The van der Waals surface area contributed by atoms with Crippen molar-refractivity contribution in [1.29, 1.82) is 0 Å². The summed E-state index contributed by atoms with van der Waals surface area (Å²) in [5, 5.41) is 0. The van der Waals surface area contributed by atoms with Crippen LogP contribution >= 0.6 is 0 Å². The third kappa shape index (κ3) is 0.841. The van der Waals surface area contributed by atoms with Gasteiger partial charge < -0.3 is 0 Å². The van der Waals surface area contributed by atoms with Crippen molar-refractivity contribution in [3.05, 3.63) is 12.2 Å². The lowest BCUT2D eigenvalue weighted by molar-refractivity contribution is 0.200. The van der Waals surface area contributed by atoms with Crippen LogP contribution in [0.4, 0.5) is 0 Å². The Morgan fingerprint density at radius 3 is 2.92 bits per heavy atom. The summed E-state index contributed by atoms with van der Waals surface area (Å²) in [5.41, 5.74) is 0. The van der Waals surface area contributed by atoms with Crippen molar-refractivity contribution in [2.45, 2.75) is 32.6 Å². The molecule has 12 heavy (non-hydrogen) atoms. The first-order valence-corrected chi connectivity index (χ1v) is 5.51. The van der Waals surface area contributed by atoms with E-state index >= 15 is 0 Å². The van der Waals surface area contributed by atoms with Crippen LogP contribution in [0.1, 0.15) is 32.6 Å². The van der Waals surface area contributed by atoms with Crippen molar-refractivity contribution in [3.8, 4) is 0 Å². The molecule has 0 N–H and O–H groups in total. The molecule has 0 amide bonds. The van der Waals surface area contributed by atoms with Crippen LogP contribution in [0.25, 0.3) is 0 Å². The van der Waals surface area contributed by atoms with Gasteiger partial charge in [0.05, 0.1) is 0 Å². The monoisotopic (exact) mass is 162 g/mol. The third-order valence-corrected chi connectivity index (χ3v) is 4.61. The van der Waals surface area contributed by atoms with E-state index in [1.165, 1.54) is 19.3 Å². The Balaban J connectivity index is 1.87. The fourth-order valence-electron chi connectivity index (χ4n) is 3.94. The van der Waals surface area contributed by atoms with Crippen molar-refractivity contribution in [2.24, 2.45) is 29.6 Å². The van der Waals surface area contributed by atoms with Crippen molar-refractivity contribution in [1.82, 2.24) is 0 Å². The number of fused-ring (bicyclic) bond motifs is 4. The van der Waals surface area contributed by atoms with Crippen LogP contribution in [0.5, 0.6) is 0 Å². The SMILES string of the molecule is CC1CC2CC1CC1C=CCC12. The number of hydrogen-bond acceptors (Lipinski definition) is 0. The molecule has 0 spiro atoms. The molecule has 0 heteroatoms. The summed E-state index contributed by atoms with van der Waals surface area (Å²) in [6.45, 7) is 2.47. The molecule has 3 aliphatic rings. The molecule has 2 bridgehead atoms. The third-order valence-electron chi connectivity index (χ3n) is 4.61. The zero-order valence-corrected chi connectivity index (χ0v) is 7.87. The van der Waals surface area contributed by atoms with E-state index < -0.39 is 0 Å². The molecule has 5 atom stereocenters. The molecule has 3 rings (SSSR count). The molecule has 2 fully saturated rings. The molecule has 66 valence electrons. The molecule has 3 aliphatic carbocycles. The minimum absolute atomic E-state index is 0.985. The Morgan fingerprint density at radius 1 is 1.08 bits per heavy atom. The zero-order valence-electron chi connectivity index (χ0n) is 7.87. The zero-order chi connectivity index (χ0) is 8.13. The second-order valence-corrected chi connectivity index (χ2v) is 5.20. The predicted octanol–water partition coefficient (Wildman–Crippen LogP) is 3.24. The van der Waals surface area contributed by atoms with Gasteiger partial charge in [-0.05, 0) is 55.3 Å². The Labute approximate surface area is 75.0 Å². The van der Waals surface area contributed by atoms with Crippen LogP contribution in [-0.4, -0.2) is 0 Å². The van der Waals surface area contributed by atoms with Crippen LogP contribution in [0, 0.1) is 29.6 Å². The topological polar surface area (TPSA) is 0 Å². The lowest BCUT2D eigenvalue weighted by Gasteiger charge is -2.31. The maximum atomic E-state index is 2.50. The van der Waals surface area contributed by atoms with Crippen molar-refractivity contribution in [3.63, 3.8) is 0 Å². The van der Waals surface area contributed by atoms with E-state index in [1.54, 1.807) is 6.42 Å². The second-order valence-electron chi connectivity index (χ2n) is 5.20. The predicted molar refractivity (Wildman–Crippen MR) is 50.7 cm³/mol. The van der Waals surface area contributed by atoms with Crippen LogP contribution in [0.3, 0.4) is 0 Å². The van der Waals surface area contributed by atoms with Crippen molar-refractivity contribution in [2.75, 3.05) is 0 Å². The van der Waals surface area contributed by atoms with Crippen molar-refractivity contribution >= 4 is 0 Å². The molecule has 5 unspecified atom stereocenters. The Morgan fingerprint density at radius 2 is 2.00 bits per heavy atom. The molecule has 2 saturated carbocycles. The number of allylic oxidation sites excluding steroid dienone is 2. The van der Waals surface area contributed by atoms with E-state index in [0.717, 1.165) is 29.6 Å². The molecular weight excluding hydrogens is 144 g/mol. The largest absolute Gasteiger partial charge is 0.0879 e. The normalized spacial score (nSPS) is 55.9. The van der Waals surface area contributed by atoms with Gasteiger partial charge in [0, 0.05) is 0 Å². The van der Waals surface area contributed by atoms with Gasteiger partial charge in [-0.1, -0.05) is 19.1 Å². The number of rotatable bonds is 0. The first-order valence-electron chi connectivity index (χ1n) is 5.51. The van der Waals surface area contributed by atoms with Gasteiger partial charge in [0.1, 0.15) is 0 Å². The molecular formula is C12H18.